The Hall–Kier alpha value is -0.290. The molecule has 0 heterocycles. The predicted molar refractivity (Wildman–Crippen MR) is 72.7 cm³/mol. The van der Waals surface area contributed by atoms with Gasteiger partial charge in [-0.15, -0.1) is 0 Å². The van der Waals surface area contributed by atoms with Gasteiger partial charge in [0, 0.05) is 22.3 Å². The van der Waals surface area contributed by atoms with Crippen molar-refractivity contribution in [2.24, 2.45) is 0 Å². The predicted octanol–water partition coefficient (Wildman–Crippen LogP) is 2.17. The summed E-state index contributed by atoms with van der Waals surface area (Å²) in [5.74, 6) is 0.0858. The molecule has 0 radical (unpaired) electrons. The number of hydrogen-bond acceptors (Lipinski definition) is 3. The standard InChI is InChI=1S/C11H15Cl2NO2S/c1-14-10(7-17(2,15)16)5-8-3-4-9(12)6-11(8)13/h3-4,6,10,14H,5,7H2,1-2H3. The van der Waals surface area contributed by atoms with Crippen molar-refractivity contribution in [1.82, 2.24) is 5.32 Å². The third-order valence-electron chi connectivity index (χ3n) is 2.39. The highest BCUT2D eigenvalue weighted by atomic mass is 35.5. The van der Waals surface area contributed by atoms with Crippen LogP contribution in [0.4, 0.5) is 0 Å². The van der Waals surface area contributed by atoms with Crippen molar-refractivity contribution >= 4 is 33.0 Å². The molecule has 1 aromatic rings. The molecule has 0 aliphatic heterocycles. The molecular formula is C11H15Cl2NO2S. The van der Waals surface area contributed by atoms with Crippen LogP contribution >= 0.6 is 23.2 Å². The van der Waals surface area contributed by atoms with Crippen molar-refractivity contribution < 1.29 is 8.42 Å². The normalized spacial score (nSPS) is 13.6. The maximum atomic E-state index is 11.2. The topological polar surface area (TPSA) is 46.2 Å². The summed E-state index contributed by atoms with van der Waals surface area (Å²) in [7, 11) is -1.27. The fraction of sp³-hybridized carbons (Fsp3) is 0.455. The summed E-state index contributed by atoms with van der Waals surface area (Å²) in [6.07, 6.45) is 1.78. The lowest BCUT2D eigenvalue weighted by atomic mass is 10.1. The van der Waals surface area contributed by atoms with Gasteiger partial charge in [0.1, 0.15) is 9.84 Å². The van der Waals surface area contributed by atoms with E-state index in [1.165, 1.54) is 6.26 Å². The fourth-order valence-corrected chi connectivity index (χ4v) is 3.06. The van der Waals surface area contributed by atoms with Gasteiger partial charge in [-0.25, -0.2) is 8.42 Å². The zero-order chi connectivity index (χ0) is 13.1. The molecule has 96 valence electrons. The second-order valence-electron chi connectivity index (χ2n) is 4.02. The van der Waals surface area contributed by atoms with E-state index in [2.05, 4.69) is 5.32 Å². The van der Waals surface area contributed by atoms with E-state index in [1.54, 1.807) is 19.2 Å². The maximum Gasteiger partial charge on any atom is 0.148 e. The summed E-state index contributed by atoms with van der Waals surface area (Å²) in [5.41, 5.74) is 0.888. The van der Waals surface area contributed by atoms with Crippen LogP contribution in [-0.4, -0.2) is 33.5 Å². The Bertz CT molecular complexity index is 488. The van der Waals surface area contributed by atoms with Crippen LogP contribution in [0.1, 0.15) is 5.56 Å². The van der Waals surface area contributed by atoms with Crippen molar-refractivity contribution in [2.45, 2.75) is 12.5 Å². The number of nitrogens with one attached hydrogen (secondary N) is 1. The molecule has 0 amide bonds. The summed E-state index contributed by atoms with van der Waals surface area (Å²) in [5, 5.41) is 4.11. The maximum absolute atomic E-state index is 11.2. The average molecular weight is 296 g/mol. The molecule has 0 aliphatic carbocycles. The van der Waals surface area contributed by atoms with Gasteiger partial charge in [-0.3, -0.25) is 0 Å². The van der Waals surface area contributed by atoms with Crippen LogP contribution in [0.5, 0.6) is 0 Å². The number of hydrogen-bond donors (Lipinski definition) is 1. The van der Waals surface area contributed by atoms with Gasteiger partial charge in [0.15, 0.2) is 0 Å². The molecule has 0 bridgehead atoms. The van der Waals surface area contributed by atoms with Gasteiger partial charge in [0.05, 0.1) is 5.75 Å². The summed E-state index contributed by atoms with van der Waals surface area (Å²) >= 11 is 11.8. The van der Waals surface area contributed by atoms with Crippen molar-refractivity contribution in [1.29, 1.82) is 0 Å². The average Bonchev–Trinajstić information content (AvgIpc) is 2.19. The van der Waals surface area contributed by atoms with Crippen molar-refractivity contribution in [3.8, 4) is 0 Å². The molecule has 1 rings (SSSR count). The van der Waals surface area contributed by atoms with E-state index in [0.717, 1.165) is 5.56 Å². The highest BCUT2D eigenvalue weighted by Crippen LogP contribution is 2.22. The third kappa shape index (κ3) is 5.25. The van der Waals surface area contributed by atoms with Crippen LogP contribution < -0.4 is 5.32 Å². The Balaban J connectivity index is 2.81. The van der Waals surface area contributed by atoms with E-state index < -0.39 is 9.84 Å². The molecule has 0 saturated carbocycles. The van der Waals surface area contributed by atoms with E-state index in [0.29, 0.717) is 16.5 Å². The Labute approximate surface area is 112 Å². The first kappa shape index (κ1) is 14.8. The fourth-order valence-electron chi connectivity index (χ4n) is 1.56. The Kier molecular flexibility index (Phi) is 5.25. The lowest BCUT2D eigenvalue weighted by Crippen LogP contribution is -2.34. The Morgan fingerprint density at radius 3 is 2.47 bits per heavy atom. The monoisotopic (exact) mass is 295 g/mol. The van der Waals surface area contributed by atoms with Crippen LogP contribution in [0.2, 0.25) is 10.0 Å². The largest absolute Gasteiger partial charge is 0.316 e. The number of rotatable bonds is 5. The minimum atomic E-state index is -3.01. The molecule has 17 heavy (non-hydrogen) atoms. The van der Waals surface area contributed by atoms with Crippen LogP contribution in [0, 0.1) is 0 Å². The molecule has 0 saturated heterocycles. The number of likely N-dealkylation sites (N-methyl/N-ethyl adjacent to an activating group) is 1. The molecule has 1 aromatic carbocycles. The molecular weight excluding hydrogens is 281 g/mol. The van der Waals surface area contributed by atoms with E-state index >= 15 is 0 Å². The molecule has 1 atom stereocenters. The Morgan fingerprint density at radius 1 is 1.35 bits per heavy atom. The minimum Gasteiger partial charge on any atom is -0.316 e. The van der Waals surface area contributed by atoms with Gasteiger partial charge in [-0.1, -0.05) is 29.3 Å². The zero-order valence-electron chi connectivity index (χ0n) is 9.70. The Morgan fingerprint density at radius 2 is 2.00 bits per heavy atom. The quantitative estimate of drug-likeness (QED) is 0.906. The first-order chi connectivity index (χ1) is 7.81. The molecule has 6 heteroatoms. The van der Waals surface area contributed by atoms with Gasteiger partial charge in [0.2, 0.25) is 0 Å². The number of halogens is 2. The van der Waals surface area contributed by atoms with Gasteiger partial charge in [0.25, 0.3) is 0 Å². The van der Waals surface area contributed by atoms with Gasteiger partial charge in [-0.05, 0) is 31.2 Å². The summed E-state index contributed by atoms with van der Waals surface area (Å²) in [6, 6.07) is 5.07. The van der Waals surface area contributed by atoms with E-state index in [4.69, 9.17) is 23.2 Å². The molecule has 0 fully saturated rings. The zero-order valence-corrected chi connectivity index (χ0v) is 12.0. The highest BCUT2D eigenvalue weighted by molar-refractivity contribution is 7.90. The molecule has 1 N–H and O–H groups in total. The number of benzene rings is 1. The lowest BCUT2D eigenvalue weighted by molar-refractivity contribution is 0.567. The van der Waals surface area contributed by atoms with Crippen molar-refractivity contribution in [2.75, 3.05) is 19.1 Å². The van der Waals surface area contributed by atoms with E-state index in [-0.39, 0.29) is 11.8 Å². The highest BCUT2D eigenvalue weighted by Gasteiger charge is 2.15. The van der Waals surface area contributed by atoms with E-state index in [9.17, 15) is 8.42 Å². The molecule has 0 aromatic heterocycles. The summed E-state index contributed by atoms with van der Waals surface area (Å²) in [6.45, 7) is 0. The third-order valence-corrected chi connectivity index (χ3v) is 3.99. The smallest absolute Gasteiger partial charge is 0.148 e. The van der Waals surface area contributed by atoms with Crippen LogP contribution in [0.3, 0.4) is 0 Å². The van der Waals surface area contributed by atoms with Gasteiger partial charge in [-0.2, -0.15) is 0 Å². The molecule has 3 nitrogen and oxygen atoms in total. The SMILES string of the molecule is CNC(Cc1ccc(Cl)cc1Cl)CS(C)(=O)=O. The number of sulfone groups is 1. The molecule has 0 aliphatic rings. The van der Waals surface area contributed by atoms with Gasteiger partial charge < -0.3 is 5.32 Å². The van der Waals surface area contributed by atoms with Crippen LogP contribution in [-0.2, 0) is 16.3 Å². The van der Waals surface area contributed by atoms with Crippen molar-refractivity contribution in [3.05, 3.63) is 33.8 Å². The van der Waals surface area contributed by atoms with E-state index in [1.807, 2.05) is 6.07 Å². The summed E-state index contributed by atoms with van der Waals surface area (Å²) in [4.78, 5) is 0. The van der Waals surface area contributed by atoms with Crippen molar-refractivity contribution in [3.63, 3.8) is 0 Å². The minimum absolute atomic E-state index is 0.0858. The van der Waals surface area contributed by atoms with Crippen LogP contribution in [0.15, 0.2) is 18.2 Å². The first-order valence-electron chi connectivity index (χ1n) is 5.10. The molecule has 1 unspecified atom stereocenters. The lowest BCUT2D eigenvalue weighted by Gasteiger charge is -2.16. The molecule has 0 spiro atoms. The second kappa shape index (κ2) is 6.05. The van der Waals surface area contributed by atoms with Crippen LogP contribution in [0.25, 0.3) is 0 Å². The van der Waals surface area contributed by atoms with Gasteiger partial charge >= 0.3 is 0 Å². The summed E-state index contributed by atoms with van der Waals surface area (Å²) < 4.78 is 22.5. The second-order valence-corrected chi connectivity index (χ2v) is 7.05. The first-order valence-corrected chi connectivity index (χ1v) is 7.92.